The fourth-order valence-corrected chi connectivity index (χ4v) is 0.374. The van der Waals surface area contributed by atoms with Gasteiger partial charge in [-0.3, -0.25) is 0 Å². The molecule has 0 bridgehead atoms. The predicted molar refractivity (Wildman–Crippen MR) is 38.0 cm³/mol. The molecule has 0 aromatic heterocycles. The van der Waals surface area contributed by atoms with Gasteiger partial charge >= 0.3 is 0 Å². The number of hydrogen-bond donors (Lipinski definition) is 1. The molecule has 0 amide bonds. The van der Waals surface area contributed by atoms with E-state index in [1.807, 2.05) is 14.1 Å². The second-order valence-electron chi connectivity index (χ2n) is 1.91. The van der Waals surface area contributed by atoms with Crippen LogP contribution in [0.1, 0.15) is 6.92 Å². The Bertz CT molecular complexity index is 80.4. The summed E-state index contributed by atoms with van der Waals surface area (Å²) in [5, 5.41) is 8.81. The first-order valence-corrected chi connectivity index (χ1v) is 2.85. The van der Waals surface area contributed by atoms with Crippen molar-refractivity contribution in [1.82, 2.24) is 4.90 Å². The van der Waals surface area contributed by atoms with Gasteiger partial charge in [0.15, 0.2) is 0 Å². The van der Waals surface area contributed by atoms with Crippen molar-refractivity contribution in [1.29, 1.82) is 0 Å². The van der Waals surface area contributed by atoms with E-state index in [4.69, 9.17) is 17.3 Å². The standard InChI is InChI=1S/C5H11NOS/c1-4(7)5(8)6(2)3/h4,7H,1-3H3/t4-/m1/s1. The third-order valence-corrected chi connectivity index (χ3v) is 1.50. The summed E-state index contributed by atoms with van der Waals surface area (Å²) >= 11 is 4.78. The van der Waals surface area contributed by atoms with Gasteiger partial charge in [0.25, 0.3) is 0 Å². The van der Waals surface area contributed by atoms with Crippen LogP contribution in [0.25, 0.3) is 0 Å². The molecule has 0 rings (SSSR count). The zero-order valence-corrected chi connectivity index (χ0v) is 6.20. The summed E-state index contributed by atoms with van der Waals surface area (Å²) in [7, 11) is 3.63. The Morgan fingerprint density at radius 1 is 1.62 bits per heavy atom. The minimum Gasteiger partial charge on any atom is -0.386 e. The van der Waals surface area contributed by atoms with Crippen LogP contribution in [0.15, 0.2) is 0 Å². The molecule has 2 nitrogen and oxygen atoms in total. The van der Waals surface area contributed by atoms with Gasteiger partial charge in [-0.05, 0) is 6.92 Å². The van der Waals surface area contributed by atoms with Gasteiger partial charge in [-0.25, -0.2) is 0 Å². The molecule has 0 saturated carbocycles. The molecule has 0 spiro atoms. The first kappa shape index (κ1) is 7.85. The molecule has 0 fully saturated rings. The molecular formula is C5H11NOS. The number of aliphatic hydroxyl groups is 1. The first-order chi connectivity index (χ1) is 3.55. The van der Waals surface area contributed by atoms with E-state index in [1.165, 1.54) is 0 Å². The quantitative estimate of drug-likeness (QED) is 0.519. The average molecular weight is 133 g/mol. The van der Waals surface area contributed by atoms with Crippen LogP contribution in [0.4, 0.5) is 0 Å². The summed E-state index contributed by atoms with van der Waals surface area (Å²) in [4.78, 5) is 2.30. The second kappa shape index (κ2) is 2.99. The van der Waals surface area contributed by atoms with Gasteiger partial charge in [-0.2, -0.15) is 0 Å². The molecule has 8 heavy (non-hydrogen) atoms. The van der Waals surface area contributed by atoms with E-state index < -0.39 is 6.10 Å². The molecule has 3 heteroatoms. The Hall–Kier alpha value is -0.150. The van der Waals surface area contributed by atoms with E-state index >= 15 is 0 Å². The van der Waals surface area contributed by atoms with Crippen LogP contribution >= 0.6 is 12.2 Å². The molecule has 0 aromatic rings. The smallest absolute Gasteiger partial charge is 0.106 e. The third-order valence-electron chi connectivity index (χ3n) is 0.798. The Kier molecular flexibility index (Phi) is 2.94. The van der Waals surface area contributed by atoms with Crippen molar-refractivity contribution < 1.29 is 5.11 Å². The van der Waals surface area contributed by atoms with Gasteiger partial charge < -0.3 is 10.0 Å². The van der Waals surface area contributed by atoms with E-state index in [0.717, 1.165) is 0 Å². The lowest BCUT2D eigenvalue weighted by Crippen LogP contribution is -2.29. The van der Waals surface area contributed by atoms with Crippen molar-refractivity contribution in [3.8, 4) is 0 Å². The largest absolute Gasteiger partial charge is 0.386 e. The SMILES string of the molecule is C[C@@H](O)C(=S)N(C)C. The van der Waals surface area contributed by atoms with Crippen LogP contribution in [0, 0.1) is 0 Å². The van der Waals surface area contributed by atoms with Gasteiger partial charge in [-0.15, -0.1) is 0 Å². The highest BCUT2D eigenvalue weighted by Gasteiger charge is 2.03. The van der Waals surface area contributed by atoms with E-state index in [9.17, 15) is 0 Å². The molecule has 0 radical (unpaired) electrons. The number of aliphatic hydroxyl groups excluding tert-OH is 1. The minimum absolute atomic E-state index is 0.500. The van der Waals surface area contributed by atoms with Crippen LogP contribution in [0.2, 0.25) is 0 Å². The van der Waals surface area contributed by atoms with Crippen molar-refractivity contribution in [2.45, 2.75) is 13.0 Å². The maximum atomic E-state index is 8.81. The van der Waals surface area contributed by atoms with Gasteiger partial charge in [0.2, 0.25) is 0 Å². The van der Waals surface area contributed by atoms with Gasteiger partial charge in [0.1, 0.15) is 11.1 Å². The number of likely N-dealkylation sites (N-methyl/N-ethyl adjacent to an activating group) is 1. The van der Waals surface area contributed by atoms with Crippen molar-refractivity contribution in [3.63, 3.8) is 0 Å². The van der Waals surface area contributed by atoms with E-state index in [2.05, 4.69) is 0 Å². The maximum Gasteiger partial charge on any atom is 0.106 e. The second-order valence-corrected chi connectivity index (χ2v) is 2.33. The van der Waals surface area contributed by atoms with Gasteiger partial charge in [0.05, 0.1) is 0 Å². The van der Waals surface area contributed by atoms with Crippen molar-refractivity contribution >= 4 is 17.2 Å². The summed E-state index contributed by atoms with van der Waals surface area (Å²) in [6.07, 6.45) is -0.500. The van der Waals surface area contributed by atoms with Crippen molar-refractivity contribution in [3.05, 3.63) is 0 Å². The number of nitrogens with zero attached hydrogens (tertiary/aromatic N) is 1. The molecule has 0 aromatic carbocycles. The lowest BCUT2D eigenvalue weighted by Gasteiger charge is -2.14. The van der Waals surface area contributed by atoms with E-state index in [0.29, 0.717) is 4.99 Å². The minimum atomic E-state index is -0.500. The fraction of sp³-hybridized carbons (Fsp3) is 0.800. The predicted octanol–water partition coefficient (Wildman–Crippen LogP) is 0.256. The fourth-order valence-electron chi connectivity index (χ4n) is 0.374. The molecule has 0 heterocycles. The molecule has 1 N–H and O–H groups in total. The lowest BCUT2D eigenvalue weighted by atomic mass is 10.4. The summed E-state index contributed by atoms with van der Waals surface area (Å²) in [6, 6.07) is 0. The molecule has 0 aliphatic carbocycles. The zero-order chi connectivity index (χ0) is 6.73. The van der Waals surface area contributed by atoms with Gasteiger partial charge in [0, 0.05) is 14.1 Å². The monoisotopic (exact) mass is 133 g/mol. The summed E-state index contributed by atoms with van der Waals surface area (Å²) in [6.45, 7) is 1.66. The Morgan fingerprint density at radius 2 is 2.00 bits per heavy atom. The third kappa shape index (κ3) is 2.23. The topological polar surface area (TPSA) is 23.5 Å². The highest BCUT2D eigenvalue weighted by Crippen LogP contribution is 1.89. The Labute approximate surface area is 55.1 Å². The molecular weight excluding hydrogens is 122 g/mol. The zero-order valence-electron chi connectivity index (χ0n) is 5.38. The number of hydrogen-bond acceptors (Lipinski definition) is 2. The van der Waals surface area contributed by atoms with Crippen LogP contribution in [-0.4, -0.2) is 35.2 Å². The van der Waals surface area contributed by atoms with Gasteiger partial charge in [-0.1, -0.05) is 12.2 Å². The average Bonchev–Trinajstić information content (AvgIpc) is 1.64. The molecule has 0 saturated heterocycles. The normalized spacial score (nSPS) is 13.0. The van der Waals surface area contributed by atoms with E-state index in [-0.39, 0.29) is 0 Å². The van der Waals surface area contributed by atoms with Crippen molar-refractivity contribution in [2.24, 2.45) is 0 Å². The highest BCUT2D eigenvalue weighted by atomic mass is 32.1. The Morgan fingerprint density at radius 3 is 2.00 bits per heavy atom. The maximum absolute atomic E-state index is 8.81. The van der Waals surface area contributed by atoms with Crippen LogP contribution in [0.3, 0.4) is 0 Å². The van der Waals surface area contributed by atoms with Crippen LogP contribution in [0.5, 0.6) is 0 Å². The molecule has 48 valence electrons. The molecule has 1 atom stereocenters. The lowest BCUT2D eigenvalue weighted by molar-refractivity contribution is 0.251. The number of rotatable bonds is 1. The molecule has 0 unspecified atom stereocenters. The van der Waals surface area contributed by atoms with Crippen LogP contribution < -0.4 is 0 Å². The van der Waals surface area contributed by atoms with E-state index in [1.54, 1.807) is 11.8 Å². The summed E-state index contributed by atoms with van der Waals surface area (Å²) in [5.74, 6) is 0. The summed E-state index contributed by atoms with van der Waals surface area (Å²) < 4.78 is 0. The van der Waals surface area contributed by atoms with Crippen molar-refractivity contribution in [2.75, 3.05) is 14.1 Å². The highest BCUT2D eigenvalue weighted by molar-refractivity contribution is 7.80. The molecule has 0 aliphatic heterocycles. The Balaban J connectivity index is 3.65. The number of thiocarbonyl (C=S) groups is 1. The first-order valence-electron chi connectivity index (χ1n) is 2.45. The summed E-state index contributed by atoms with van der Waals surface area (Å²) in [5.41, 5.74) is 0. The van der Waals surface area contributed by atoms with Crippen LogP contribution in [-0.2, 0) is 0 Å². The molecule has 0 aliphatic rings.